The second-order valence-electron chi connectivity index (χ2n) is 8.60. The van der Waals surface area contributed by atoms with Crippen LogP contribution in [0.25, 0.3) is 0 Å². The van der Waals surface area contributed by atoms with Gasteiger partial charge in [0.15, 0.2) is 5.75 Å². The molecule has 0 bridgehead atoms. The van der Waals surface area contributed by atoms with E-state index < -0.39 is 17.7 Å². The van der Waals surface area contributed by atoms with Crippen molar-refractivity contribution in [3.8, 4) is 17.6 Å². The maximum atomic E-state index is 13.1. The summed E-state index contributed by atoms with van der Waals surface area (Å²) in [6, 6.07) is 17.5. The van der Waals surface area contributed by atoms with Crippen LogP contribution in [0.4, 0.5) is 10.5 Å². The van der Waals surface area contributed by atoms with Crippen LogP contribution in [0, 0.1) is 18.3 Å². The first-order chi connectivity index (χ1) is 18.6. The Morgan fingerprint density at radius 2 is 1.82 bits per heavy atom. The molecule has 0 aliphatic carbocycles. The molecule has 39 heavy (non-hydrogen) atoms. The molecule has 10 nitrogen and oxygen atoms in total. The molecule has 1 aliphatic heterocycles. The monoisotopic (exact) mass is 565 g/mol. The number of carboxylic acid groups (broad SMARTS) is 1. The Kier molecular flexibility index (Phi) is 8.34. The number of aryl methyl sites for hydroxylation is 1. The van der Waals surface area contributed by atoms with E-state index in [1.807, 2.05) is 36.1 Å². The lowest BCUT2D eigenvalue weighted by atomic mass is 9.98. The third kappa shape index (κ3) is 6.65. The lowest BCUT2D eigenvalue weighted by Crippen LogP contribution is -2.37. The topological polar surface area (TPSA) is 144 Å². The molecule has 3 aromatic carbocycles. The minimum absolute atomic E-state index is 0.0517. The second-order valence-corrected chi connectivity index (χ2v) is 9.41. The Bertz CT molecular complexity index is 1510. The first-order valence-corrected chi connectivity index (χ1v) is 12.3. The molecule has 0 radical (unpaired) electrons. The van der Waals surface area contributed by atoms with Gasteiger partial charge < -0.3 is 14.7 Å². The zero-order valence-corrected chi connectivity index (χ0v) is 22.0. The van der Waals surface area contributed by atoms with Crippen LogP contribution in [0.3, 0.4) is 0 Å². The second kappa shape index (κ2) is 11.9. The number of anilines is 1. The number of rotatable bonds is 7. The molecule has 12 heteroatoms. The molecule has 0 saturated heterocycles. The number of hydrogen-bond acceptors (Lipinski definition) is 7. The number of benzene rings is 3. The van der Waals surface area contributed by atoms with E-state index in [4.69, 9.17) is 38.3 Å². The van der Waals surface area contributed by atoms with Gasteiger partial charge in [-0.3, -0.25) is 20.3 Å². The molecule has 4 rings (SSSR count). The van der Waals surface area contributed by atoms with E-state index in [9.17, 15) is 14.4 Å². The summed E-state index contributed by atoms with van der Waals surface area (Å²) in [5.74, 6) is -0.656. The molecule has 1 aliphatic rings. The van der Waals surface area contributed by atoms with Crippen molar-refractivity contribution >= 4 is 52.5 Å². The van der Waals surface area contributed by atoms with Crippen LogP contribution in [0.2, 0.25) is 10.0 Å². The molecule has 0 atom stereocenters. The van der Waals surface area contributed by atoms with Gasteiger partial charge in [0.25, 0.3) is 11.8 Å². The summed E-state index contributed by atoms with van der Waals surface area (Å²) in [5, 5.41) is 22.9. The predicted molar refractivity (Wildman–Crippen MR) is 145 cm³/mol. The fourth-order valence-electron chi connectivity index (χ4n) is 3.88. The number of halogens is 2. The lowest BCUT2D eigenvalue weighted by molar-refractivity contribution is -0.114. The van der Waals surface area contributed by atoms with Gasteiger partial charge in [-0.25, -0.2) is 4.79 Å². The smallest absolute Gasteiger partial charge is 0.411 e. The molecule has 3 aromatic rings. The highest BCUT2D eigenvalue weighted by atomic mass is 35.5. The highest BCUT2D eigenvalue weighted by Gasteiger charge is 2.25. The summed E-state index contributed by atoms with van der Waals surface area (Å²) in [4.78, 5) is 37.1. The number of fused-ring (bicyclic) bond motifs is 1. The molecule has 0 spiro atoms. The van der Waals surface area contributed by atoms with Crippen LogP contribution in [-0.4, -0.2) is 40.2 Å². The zero-order chi connectivity index (χ0) is 28.1. The number of hydrogen-bond donors (Lipinski definition) is 3. The number of hydrazone groups is 1. The average molecular weight is 566 g/mol. The number of nitrogens with zero attached hydrogens (tertiary/aromatic N) is 3. The van der Waals surface area contributed by atoms with Crippen molar-refractivity contribution in [2.75, 3.05) is 12.0 Å². The van der Waals surface area contributed by atoms with E-state index in [1.54, 1.807) is 18.2 Å². The number of imide groups is 1. The fourth-order valence-corrected chi connectivity index (χ4v) is 4.45. The third-order valence-corrected chi connectivity index (χ3v) is 6.36. The Balaban J connectivity index is 1.46. The van der Waals surface area contributed by atoms with Crippen molar-refractivity contribution in [2.24, 2.45) is 5.10 Å². The Labute approximate surface area is 233 Å². The number of carbonyl (C=O) groups excluding carboxylic acids is 2. The molecular weight excluding hydrogens is 545 g/mol. The van der Waals surface area contributed by atoms with Crippen molar-refractivity contribution in [1.82, 2.24) is 10.2 Å². The first-order valence-electron chi connectivity index (χ1n) is 11.6. The summed E-state index contributed by atoms with van der Waals surface area (Å²) in [5.41, 5.74) is 5.63. The molecule has 3 N–H and O–H groups in total. The van der Waals surface area contributed by atoms with Gasteiger partial charge in [-0.1, -0.05) is 53.0 Å². The molecule has 0 saturated carbocycles. The van der Waals surface area contributed by atoms with Crippen LogP contribution < -0.4 is 15.5 Å². The predicted octanol–water partition coefficient (Wildman–Crippen LogP) is 5.38. The number of carbonyl (C=O) groups is 3. The van der Waals surface area contributed by atoms with Gasteiger partial charge >= 0.3 is 6.09 Å². The fraction of sp³-hybridized carbons (Fsp3) is 0.148. The van der Waals surface area contributed by atoms with E-state index in [0.29, 0.717) is 30.8 Å². The Hall–Kier alpha value is -4.59. The van der Waals surface area contributed by atoms with Crippen molar-refractivity contribution in [3.63, 3.8) is 0 Å². The van der Waals surface area contributed by atoms with Crippen molar-refractivity contribution in [2.45, 2.75) is 19.9 Å². The zero-order valence-electron chi connectivity index (χ0n) is 20.5. The number of amides is 3. The van der Waals surface area contributed by atoms with Gasteiger partial charge in [0.1, 0.15) is 11.8 Å². The van der Waals surface area contributed by atoms with Crippen LogP contribution >= 0.6 is 23.2 Å². The first kappa shape index (κ1) is 27.4. The van der Waals surface area contributed by atoms with Gasteiger partial charge in [0.05, 0.1) is 15.7 Å². The number of nitriles is 1. The molecule has 0 aromatic heterocycles. The van der Waals surface area contributed by atoms with E-state index in [1.165, 1.54) is 23.5 Å². The highest BCUT2D eigenvalue weighted by Crippen LogP contribution is 2.39. The molecule has 0 unspecified atom stereocenters. The van der Waals surface area contributed by atoms with Crippen LogP contribution in [0.15, 0.2) is 59.7 Å². The van der Waals surface area contributed by atoms with Gasteiger partial charge in [0, 0.05) is 18.7 Å². The normalized spacial score (nSPS) is 12.8. The molecule has 3 amide bonds. The largest absolute Gasteiger partial charge is 0.465 e. The lowest BCUT2D eigenvalue weighted by Gasteiger charge is -2.29. The Morgan fingerprint density at radius 3 is 2.46 bits per heavy atom. The SMILES string of the molecule is Cc1ccc(CN2CCc3cc(Oc4c(Cl)cc(NN=C(C#N)C(=O)NC(=O)O)cc4Cl)ccc3C2=O)cc1. The van der Waals surface area contributed by atoms with Crippen molar-refractivity contribution < 1.29 is 24.2 Å². The van der Waals surface area contributed by atoms with E-state index in [0.717, 1.165) is 16.7 Å². The van der Waals surface area contributed by atoms with Crippen molar-refractivity contribution in [3.05, 3.63) is 86.9 Å². The van der Waals surface area contributed by atoms with Gasteiger partial charge in [-0.15, -0.1) is 0 Å². The molecule has 0 fully saturated rings. The maximum absolute atomic E-state index is 13.1. The van der Waals surface area contributed by atoms with Crippen LogP contribution in [0.5, 0.6) is 11.5 Å². The summed E-state index contributed by atoms with van der Waals surface area (Å²) >= 11 is 12.7. The summed E-state index contributed by atoms with van der Waals surface area (Å²) in [6.07, 6.45) is -0.968. The van der Waals surface area contributed by atoms with Gasteiger partial charge in [-0.05, 0) is 54.8 Å². The van der Waals surface area contributed by atoms with E-state index in [-0.39, 0.29) is 27.4 Å². The molecular formula is C27H21Cl2N5O5. The van der Waals surface area contributed by atoms with Crippen molar-refractivity contribution in [1.29, 1.82) is 5.26 Å². The van der Waals surface area contributed by atoms with Gasteiger partial charge in [0.2, 0.25) is 5.71 Å². The summed E-state index contributed by atoms with van der Waals surface area (Å²) in [7, 11) is 0. The molecule has 1 heterocycles. The summed E-state index contributed by atoms with van der Waals surface area (Å²) < 4.78 is 5.92. The highest BCUT2D eigenvalue weighted by molar-refractivity contribution is 6.46. The molecule has 198 valence electrons. The van der Waals surface area contributed by atoms with E-state index >= 15 is 0 Å². The van der Waals surface area contributed by atoms with Crippen LogP contribution in [-0.2, 0) is 17.8 Å². The van der Waals surface area contributed by atoms with Crippen LogP contribution in [0.1, 0.15) is 27.0 Å². The minimum atomic E-state index is -1.62. The Morgan fingerprint density at radius 1 is 1.13 bits per heavy atom. The maximum Gasteiger partial charge on any atom is 0.411 e. The number of nitrogens with one attached hydrogen (secondary N) is 2. The minimum Gasteiger partial charge on any atom is -0.465 e. The third-order valence-electron chi connectivity index (χ3n) is 5.80. The average Bonchev–Trinajstić information content (AvgIpc) is 2.89. The van der Waals surface area contributed by atoms with Gasteiger partial charge in [-0.2, -0.15) is 10.4 Å². The standard InChI is InChI=1S/C27H21Cl2N5O5/c1-15-2-4-16(5-3-15)14-34-9-8-17-10-19(6-7-20(17)26(34)36)39-24-21(28)11-18(12-22(24)29)32-33-23(13-30)25(35)31-27(37)38/h2-7,10-12,32H,8-9,14H2,1H3,(H,31,35)(H,37,38). The van der Waals surface area contributed by atoms with E-state index in [2.05, 4.69) is 10.5 Å². The number of ether oxygens (including phenoxy) is 1. The quantitative estimate of drug-likeness (QED) is 0.257. The summed E-state index contributed by atoms with van der Waals surface area (Å²) in [6.45, 7) is 3.12.